The number of methoxy groups -OCH3 is 1. The van der Waals surface area contributed by atoms with E-state index in [1.807, 2.05) is 0 Å². The van der Waals surface area contributed by atoms with Gasteiger partial charge in [-0.1, -0.05) is 6.92 Å². The third-order valence-electron chi connectivity index (χ3n) is 0.734. The van der Waals surface area contributed by atoms with Crippen molar-refractivity contribution >= 4 is 49.5 Å². The third-order valence-corrected chi connectivity index (χ3v) is 0.734. The molecule has 3 nitrogen and oxygen atoms in total. The van der Waals surface area contributed by atoms with Crippen molar-refractivity contribution in [1.82, 2.24) is 0 Å². The molecule has 0 atom stereocenters. The van der Waals surface area contributed by atoms with E-state index in [0.29, 0.717) is 0 Å². The van der Waals surface area contributed by atoms with Crippen molar-refractivity contribution in [3.8, 4) is 0 Å². The first kappa shape index (κ1) is 12.1. The maximum absolute atomic E-state index is 10.3. The van der Waals surface area contributed by atoms with Crippen LogP contribution < -0.4 is 0 Å². The zero-order valence-corrected chi connectivity index (χ0v) is 4.93. The van der Waals surface area contributed by atoms with Gasteiger partial charge in [0.05, 0.1) is 7.11 Å². The Balaban J connectivity index is 0. The van der Waals surface area contributed by atoms with Crippen LogP contribution in [0, 0.1) is 0 Å². The maximum atomic E-state index is 10.3. The number of carbonyl (C=O) groups is 2. The number of Topliss-reactive ketones (excluding diaryl/α,β-unsaturated/α-hetero) is 1. The van der Waals surface area contributed by atoms with Crippen LogP contribution in [0.4, 0.5) is 0 Å². The molecule has 0 aromatic carbocycles. The molecule has 0 saturated heterocycles. The summed E-state index contributed by atoms with van der Waals surface area (Å²) < 4.78 is 4.11. The van der Waals surface area contributed by atoms with Crippen LogP contribution in [0.5, 0.6) is 0 Å². The second kappa shape index (κ2) is 6.52. The van der Waals surface area contributed by atoms with Gasteiger partial charge in [-0.25, -0.2) is 4.79 Å². The second-order valence-corrected chi connectivity index (χ2v) is 1.27. The molecular weight excluding hydrogens is 148 g/mol. The van der Waals surface area contributed by atoms with Gasteiger partial charge in [0.2, 0.25) is 5.78 Å². The van der Waals surface area contributed by atoms with Crippen LogP contribution in [0.2, 0.25) is 0 Å². The van der Waals surface area contributed by atoms with Gasteiger partial charge in [-0.05, 0) is 0 Å². The van der Waals surface area contributed by atoms with Gasteiger partial charge in [-0.3, -0.25) is 4.79 Å². The molecule has 50 valence electrons. The molecular formula is C5H10CaO3. The Morgan fingerprint density at radius 1 is 1.44 bits per heavy atom. The summed E-state index contributed by atoms with van der Waals surface area (Å²) in [7, 11) is 1.19. The first-order valence-electron chi connectivity index (χ1n) is 2.33. The first-order chi connectivity index (χ1) is 3.72. The van der Waals surface area contributed by atoms with Gasteiger partial charge in [-0.2, -0.15) is 0 Å². The summed E-state index contributed by atoms with van der Waals surface area (Å²) >= 11 is 0. The van der Waals surface area contributed by atoms with Crippen molar-refractivity contribution in [2.75, 3.05) is 7.11 Å². The summed E-state index contributed by atoms with van der Waals surface area (Å²) in [5, 5.41) is 0. The molecule has 9 heavy (non-hydrogen) atoms. The van der Waals surface area contributed by atoms with Crippen molar-refractivity contribution in [3.63, 3.8) is 0 Å². The zero-order valence-electron chi connectivity index (χ0n) is 4.93. The summed E-state index contributed by atoms with van der Waals surface area (Å²) in [6, 6.07) is 0. The van der Waals surface area contributed by atoms with Crippen LogP contribution in [0.25, 0.3) is 0 Å². The molecule has 0 rings (SSSR count). The topological polar surface area (TPSA) is 43.4 Å². The van der Waals surface area contributed by atoms with Crippen molar-refractivity contribution in [2.24, 2.45) is 0 Å². The quantitative estimate of drug-likeness (QED) is 0.301. The fourth-order valence-electron chi connectivity index (χ4n) is 0.258. The van der Waals surface area contributed by atoms with E-state index in [2.05, 4.69) is 4.74 Å². The van der Waals surface area contributed by atoms with E-state index in [9.17, 15) is 9.59 Å². The normalized spacial score (nSPS) is 7.33. The average molecular weight is 158 g/mol. The Morgan fingerprint density at radius 3 is 2.00 bits per heavy atom. The fourth-order valence-corrected chi connectivity index (χ4v) is 0.258. The van der Waals surface area contributed by atoms with Crippen molar-refractivity contribution in [3.05, 3.63) is 0 Å². The van der Waals surface area contributed by atoms with Crippen molar-refractivity contribution in [1.29, 1.82) is 0 Å². The summed E-state index contributed by atoms with van der Waals surface area (Å²) in [4.78, 5) is 20.4. The van der Waals surface area contributed by atoms with Crippen molar-refractivity contribution in [2.45, 2.75) is 13.3 Å². The Bertz CT molecular complexity index is 96.8. The van der Waals surface area contributed by atoms with E-state index in [1.165, 1.54) is 7.11 Å². The van der Waals surface area contributed by atoms with Gasteiger partial charge in [0.1, 0.15) is 0 Å². The molecule has 0 aromatic heterocycles. The van der Waals surface area contributed by atoms with Gasteiger partial charge in [0.15, 0.2) is 0 Å². The molecule has 0 radical (unpaired) electrons. The number of rotatable bonds is 2. The van der Waals surface area contributed by atoms with Crippen LogP contribution in [0.15, 0.2) is 0 Å². The first-order valence-corrected chi connectivity index (χ1v) is 2.33. The minimum atomic E-state index is -0.757. The van der Waals surface area contributed by atoms with E-state index < -0.39 is 11.8 Å². The van der Waals surface area contributed by atoms with E-state index >= 15 is 0 Å². The number of esters is 1. The molecule has 0 aromatic rings. The van der Waals surface area contributed by atoms with Crippen LogP contribution in [0.3, 0.4) is 0 Å². The number of ketones is 1. The molecule has 0 aliphatic heterocycles. The van der Waals surface area contributed by atoms with Crippen LogP contribution in [0.1, 0.15) is 13.3 Å². The molecule has 0 aliphatic rings. The molecule has 0 spiro atoms. The van der Waals surface area contributed by atoms with Crippen LogP contribution in [-0.4, -0.2) is 56.6 Å². The number of ether oxygens (including phenoxy) is 1. The standard InChI is InChI=1S/C5H8O3.Ca.2H/c1-3-4(6)5(7)8-2;;;/h3H2,1-2H3;;;. The summed E-state index contributed by atoms with van der Waals surface area (Å²) in [6.07, 6.45) is 0.215. The summed E-state index contributed by atoms with van der Waals surface area (Å²) in [5.74, 6) is -1.24. The monoisotopic (exact) mass is 158 g/mol. The van der Waals surface area contributed by atoms with E-state index in [0.717, 1.165) is 0 Å². The van der Waals surface area contributed by atoms with E-state index in [1.54, 1.807) is 6.92 Å². The van der Waals surface area contributed by atoms with Gasteiger partial charge < -0.3 is 4.74 Å². The molecule has 0 amide bonds. The van der Waals surface area contributed by atoms with Crippen molar-refractivity contribution < 1.29 is 14.3 Å². The Kier molecular flexibility index (Phi) is 8.77. The predicted octanol–water partition coefficient (Wildman–Crippen LogP) is -0.778. The third kappa shape index (κ3) is 4.88. The Morgan fingerprint density at radius 2 is 1.89 bits per heavy atom. The number of carbonyl (C=O) groups excluding carboxylic acids is 2. The van der Waals surface area contributed by atoms with Gasteiger partial charge in [0, 0.05) is 6.42 Å². The zero-order chi connectivity index (χ0) is 6.57. The molecule has 0 unspecified atom stereocenters. The van der Waals surface area contributed by atoms with Gasteiger partial charge in [-0.15, -0.1) is 0 Å². The van der Waals surface area contributed by atoms with Crippen LogP contribution in [-0.2, 0) is 14.3 Å². The summed E-state index contributed by atoms with van der Waals surface area (Å²) in [6.45, 7) is 1.61. The molecule has 0 fully saturated rings. The minimum absolute atomic E-state index is 0. The van der Waals surface area contributed by atoms with Crippen LogP contribution >= 0.6 is 0 Å². The van der Waals surface area contributed by atoms with E-state index in [4.69, 9.17) is 0 Å². The molecule has 0 bridgehead atoms. The molecule has 4 heteroatoms. The average Bonchev–Trinajstić information content (AvgIpc) is 1.84. The fraction of sp³-hybridized carbons (Fsp3) is 0.600. The molecule has 0 saturated carbocycles. The van der Waals surface area contributed by atoms with Gasteiger partial charge >= 0.3 is 43.7 Å². The molecule has 0 N–H and O–H groups in total. The second-order valence-electron chi connectivity index (χ2n) is 1.27. The van der Waals surface area contributed by atoms with E-state index in [-0.39, 0.29) is 44.2 Å². The molecule has 0 heterocycles. The SMILES string of the molecule is CCC(=O)C(=O)OC.[CaH2]. The van der Waals surface area contributed by atoms with Gasteiger partial charge in [0.25, 0.3) is 0 Å². The number of hydrogen-bond donors (Lipinski definition) is 0. The Labute approximate surface area is 83.8 Å². The molecule has 0 aliphatic carbocycles. The number of hydrogen-bond acceptors (Lipinski definition) is 3. The predicted molar refractivity (Wildman–Crippen MR) is 35.9 cm³/mol. The summed E-state index contributed by atoms with van der Waals surface area (Å²) in [5.41, 5.74) is 0. The Hall–Kier alpha value is 0.400.